The van der Waals surface area contributed by atoms with Gasteiger partial charge < -0.3 is 15.8 Å². The van der Waals surface area contributed by atoms with Crippen molar-refractivity contribution in [2.75, 3.05) is 11.9 Å². The van der Waals surface area contributed by atoms with Gasteiger partial charge in [-0.3, -0.25) is 4.79 Å². The average molecular weight is 348 g/mol. The molecule has 1 aromatic carbocycles. The molecule has 132 valence electrons. The van der Waals surface area contributed by atoms with Crippen molar-refractivity contribution in [3.63, 3.8) is 0 Å². The SMILES string of the molecule is CCOc1cc(-c2ccccc2C(N)=O)cnc1Nc1cccc(C)n1. The van der Waals surface area contributed by atoms with Crippen LogP contribution in [0.4, 0.5) is 11.6 Å². The van der Waals surface area contributed by atoms with Crippen molar-refractivity contribution < 1.29 is 9.53 Å². The minimum atomic E-state index is -0.482. The minimum Gasteiger partial charge on any atom is -0.490 e. The van der Waals surface area contributed by atoms with E-state index >= 15 is 0 Å². The maximum absolute atomic E-state index is 11.7. The van der Waals surface area contributed by atoms with Gasteiger partial charge >= 0.3 is 0 Å². The number of aromatic nitrogens is 2. The van der Waals surface area contributed by atoms with Gasteiger partial charge in [0, 0.05) is 23.0 Å². The summed E-state index contributed by atoms with van der Waals surface area (Å²) in [6.07, 6.45) is 1.68. The summed E-state index contributed by atoms with van der Waals surface area (Å²) < 4.78 is 5.73. The smallest absolute Gasteiger partial charge is 0.249 e. The molecule has 3 aromatic rings. The number of rotatable bonds is 6. The number of hydrogen-bond acceptors (Lipinski definition) is 5. The van der Waals surface area contributed by atoms with E-state index in [0.29, 0.717) is 35.1 Å². The van der Waals surface area contributed by atoms with Crippen LogP contribution >= 0.6 is 0 Å². The van der Waals surface area contributed by atoms with Crippen molar-refractivity contribution in [3.8, 4) is 16.9 Å². The van der Waals surface area contributed by atoms with Gasteiger partial charge in [-0.05, 0) is 43.7 Å². The summed E-state index contributed by atoms with van der Waals surface area (Å²) in [5.41, 5.74) is 8.30. The Hall–Kier alpha value is -3.41. The van der Waals surface area contributed by atoms with Crippen LogP contribution in [0.15, 0.2) is 54.7 Å². The first kappa shape index (κ1) is 17.4. The molecule has 2 heterocycles. The summed E-state index contributed by atoms with van der Waals surface area (Å²) in [6, 6.07) is 14.7. The number of anilines is 2. The van der Waals surface area contributed by atoms with Crippen LogP contribution < -0.4 is 15.8 Å². The minimum absolute atomic E-state index is 0.442. The zero-order valence-corrected chi connectivity index (χ0v) is 14.7. The third-order valence-corrected chi connectivity index (χ3v) is 3.79. The standard InChI is InChI=1S/C20H20N4O2/c1-3-26-17-11-14(15-8-4-5-9-16(15)19(21)25)12-22-20(17)24-18-10-6-7-13(2)23-18/h4-12H,3H2,1-2H3,(H2,21,25)(H,22,23,24). The molecule has 0 bridgehead atoms. The second kappa shape index (κ2) is 7.65. The van der Waals surface area contributed by atoms with E-state index in [4.69, 9.17) is 10.5 Å². The van der Waals surface area contributed by atoms with E-state index < -0.39 is 5.91 Å². The van der Waals surface area contributed by atoms with Crippen LogP contribution in [0.2, 0.25) is 0 Å². The lowest BCUT2D eigenvalue weighted by Gasteiger charge is -2.14. The van der Waals surface area contributed by atoms with Crippen LogP contribution in [-0.2, 0) is 0 Å². The van der Waals surface area contributed by atoms with Crippen LogP contribution in [0, 0.1) is 6.92 Å². The summed E-state index contributed by atoms with van der Waals surface area (Å²) in [5.74, 6) is 1.34. The summed E-state index contributed by atoms with van der Waals surface area (Å²) in [5, 5.41) is 3.18. The first-order chi connectivity index (χ1) is 12.6. The number of pyridine rings is 2. The largest absolute Gasteiger partial charge is 0.490 e. The molecule has 0 saturated carbocycles. The van der Waals surface area contributed by atoms with E-state index in [2.05, 4.69) is 15.3 Å². The van der Waals surface area contributed by atoms with E-state index in [-0.39, 0.29) is 0 Å². The number of carbonyl (C=O) groups is 1. The van der Waals surface area contributed by atoms with Crippen LogP contribution in [0.3, 0.4) is 0 Å². The van der Waals surface area contributed by atoms with E-state index in [1.54, 1.807) is 18.3 Å². The van der Waals surface area contributed by atoms with E-state index in [1.807, 2.05) is 50.2 Å². The molecular weight excluding hydrogens is 328 g/mol. The molecule has 0 fully saturated rings. The fourth-order valence-electron chi connectivity index (χ4n) is 2.63. The number of hydrogen-bond donors (Lipinski definition) is 2. The quantitative estimate of drug-likeness (QED) is 0.709. The molecule has 0 aliphatic carbocycles. The van der Waals surface area contributed by atoms with Crippen molar-refractivity contribution in [3.05, 3.63) is 66.0 Å². The number of benzene rings is 1. The van der Waals surface area contributed by atoms with Crippen LogP contribution in [0.1, 0.15) is 23.0 Å². The lowest BCUT2D eigenvalue weighted by Crippen LogP contribution is -2.12. The zero-order chi connectivity index (χ0) is 18.5. The summed E-state index contributed by atoms with van der Waals surface area (Å²) >= 11 is 0. The molecule has 1 amide bonds. The Morgan fingerprint density at radius 1 is 1.19 bits per heavy atom. The fourth-order valence-corrected chi connectivity index (χ4v) is 2.63. The molecule has 0 unspecified atom stereocenters. The fraction of sp³-hybridized carbons (Fsp3) is 0.150. The highest BCUT2D eigenvalue weighted by Crippen LogP contribution is 2.31. The molecule has 26 heavy (non-hydrogen) atoms. The number of aryl methyl sites for hydroxylation is 1. The van der Waals surface area contributed by atoms with E-state index in [9.17, 15) is 4.79 Å². The number of primary amides is 1. The van der Waals surface area contributed by atoms with Gasteiger partial charge in [-0.1, -0.05) is 24.3 Å². The molecule has 2 aromatic heterocycles. The first-order valence-corrected chi connectivity index (χ1v) is 8.31. The van der Waals surface area contributed by atoms with Gasteiger partial charge in [0.15, 0.2) is 11.6 Å². The highest BCUT2D eigenvalue weighted by molar-refractivity contribution is 5.99. The van der Waals surface area contributed by atoms with E-state index in [1.165, 1.54) is 0 Å². The molecule has 6 heteroatoms. The van der Waals surface area contributed by atoms with Gasteiger partial charge in [0.1, 0.15) is 5.82 Å². The molecule has 0 spiro atoms. The molecule has 0 aliphatic heterocycles. The van der Waals surface area contributed by atoms with Crippen molar-refractivity contribution in [1.29, 1.82) is 0 Å². The predicted molar refractivity (Wildman–Crippen MR) is 102 cm³/mol. The number of amides is 1. The first-order valence-electron chi connectivity index (χ1n) is 8.31. The highest BCUT2D eigenvalue weighted by atomic mass is 16.5. The van der Waals surface area contributed by atoms with E-state index in [0.717, 1.165) is 11.3 Å². The lowest BCUT2D eigenvalue weighted by atomic mass is 10.0. The van der Waals surface area contributed by atoms with Crippen LogP contribution in [-0.4, -0.2) is 22.5 Å². The number of nitrogens with two attached hydrogens (primary N) is 1. The maximum Gasteiger partial charge on any atom is 0.249 e. The second-order valence-corrected chi connectivity index (χ2v) is 5.70. The summed E-state index contributed by atoms with van der Waals surface area (Å²) in [4.78, 5) is 20.6. The highest BCUT2D eigenvalue weighted by Gasteiger charge is 2.13. The molecular formula is C20H20N4O2. The lowest BCUT2D eigenvalue weighted by molar-refractivity contribution is 0.100. The van der Waals surface area contributed by atoms with Crippen LogP contribution in [0.5, 0.6) is 5.75 Å². The van der Waals surface area contributed by atoms with Gasteiger partial charge in [0.25, 0.3) is 0 Å². The van der Waals surface area contributed by atoms with Crippen molar-refractivity contribution in [1.82, 2.24) is 9.97 Å². The third kappa shape index (κ3) is 3.80. The Balaban J connectivity index is 2.01. The maximum atomic E-state index is 11.7. The second-order valence-electron chi connectivity index (χ2n) is 5.70. The number of ether oxygens (including phenoxy) is 1. The molecule has 3 rings (SSSR count). The van der Waals surface area contributed by atoms with Gasteiger partial charge in [0.05, 0.1) is 6.61 Å². The molecule has 0 radical (unpaired) electrons. The molecule has 6 nitrogen and oxygen atoms in total. The van der Waals surface area contributed by atoms with Crippen molar-refractivity contribution in [2.45, 2.75) is 13.8 Å². The molecule has 0 saturated heterocycles. The molecule has 0 atom stereocenters. The Bertz CT molecular complexity index is 941. The number of nitrogens with zero attached hydrogens (tertiary/aromatic N) is 2. The Labute approximate surface area is 152 Å². The van der Waals surface area contributed by atoms with Crippen molar-refractivity contribution in [2.24, 2.45) is 5.73 Å². The summed E-state index contributed by atoms with van der Waals surface area (Å²) in [7, 11) is 0. The Morgan fingerprint density at radius 2 is 2.00 bits per heavy atom. The van der Waals surface area contributed by atoms with Gasteiger partial charge in [-0.2, -0.15) is 0 Å². The van der Waals surface area contributed by atoms with Crippen LogP contribution in [0.25, 0.3) is 11.1 Å². The average Bonchev–Trinajstić information content (AvgIpc) is 2.63. The summed E-state index contributed by atoms with van der Waals surface area (Å²) in [6.45, 7) is 4.31. The number of nitrogens with one attached hydrogen (secondary N) is 1. The van der Waals surface area contributed by atoms with Crippen molar-refractivity contribution >= 4 is 17.5 Å². The normalized spacial score (nSPS) is 10.4. The molecule has 0 aliphatic rings. The molecule has 3 N–H and O–H groups in total. The third-order valence-electron chi connectivity index (χ3n) is 3.79. The van der Waals surface area contributed by atoms with Gasteiger partial charge in [-0.15, -0.1) is 0 Å². The zero-order valence-electron chi connectivity index (χ0n) is 14.7. The number of carbonyl (C=O) groups excluding carboxylic acids is 1. The Kier molecular flexibility index (Phi) is 5.12. The van der Waals surface area contributed by atoms with Gasteiger partial charge in [-0.25, -0.2) is 9.97 Å². The predicted octanol–water partition coefficient (Wildman–Crippen LogP) is 3.69. The topological polar surface area (TPSA) is 90.1 Å². The van der Waals surface area contributed by atoms with Gasteiger partial charge in [0.2, 0.25) is 5.91 Å². The monoisotopic (exact) mass is 348 g/mol. The Morgan fingerprint density at radius 3 is 2.73 bits per heavy atom.